The zero-order valence-corrected chi connectivity index (χ0v) is 11.1. The van der Waals surface area contributed by atoms with E-state index < -0.39 is 22.8 Å². The summed E-state index contributed by atoms with van der Waals surface area (Å²) in [5, 5.41) is 19.8. The van der Waals surface area contributed by atoms with Crippen molar-refractivity contribution in [3.05, 3.63) is 0 Å². The fourth-order valence-electron chi connectivity index (χ4n) is 0. The minimum Gasteiger partial charge on any atom is -0.550 e. The van der Waals surface area contributed by atoms with Gasteiger partial charge in [-0.25, -0.2) is 0 Å². The Balaban J connectivity index is -0.000000180. The van der Waals surface area contributed by atoms with Crippen LogP contribution in [0.5, 0.6) is 0 Å². The molecule has 0 aliphatic rings. The van der Waals surface area contributed by atoms with Crippen LogP contribution in [-0.2, 0) is 26.7 Å². The van der Waals surface area contributed by atoms with Crippen molar-refractivity contribution in [2.75, 3.05) is 0 Å². The van der Waals surface area contributed by atoms with Gasteiger partial charge in [0.25, 0.3) is 0 Å². The van der Waals surface area contributed by atoms with Crippen LogP contribution in [0, 0.1) is 10.8 Å². The van der Waals surface area contributed by atoms with Crippen molar-refractivity contribution in [1.82, 2.24) is 0 Å². The van der Waals surface area contributed by atoms with E-state index in [1.54, 1.807) is 41.5 Å². The second-order valence-electron chi connectivity index (χ2n) is 5.07. The van der Waals surface area contributed by atoms with Crippen LogP contribution in [0.3, 0.4) is 0 Å². The van der Waals surface area contributed by atoms with Crippen LogP contribution in [0.4, 0.5) is 0 Å². The molecule has 4 nitrogen and oxygen atoms in total. The molecule has 0 aromatic heterocycles. The molecule has 0 heterocycles. The van der Waals surface area contributed by atoms with Gasteiger partial charge in [-0.3, -0.25) is 0 Å². The van der Waals surface area contributed by atoms with Gasteiger partial charge in [-0.05, 0) is 0 Å². The number of carbonyl (C=O) groups is 2. The van der Waals surface area contributed by atoms with Crippen LogP contribution in [0.2, 0.25) is 0 Å². The number of carbonyl (C=O) groups excluding carboxylic acids is 2. The standard InChI is InChI=1S/2C5H10O2.Fe/c2*1-5(2,3)4(6)7;/h2*1-3H3,(H,6,7);/q;;+2/p-2. The molecule has 0 unspecified atom stereocenters. The topological polar surface area (TPSA) is 80.3 Å². The number of hydrogen-bond donors (Lipinski definition) is 0. The summed E-state index contributed by atoms with van der Waals surface area (Å²) in [4.78, 5) is 19.8. The quantitative estimate of drug-likeness (QED) is 0.552. The number of hydrogen-bond acceptors (Lipinski definition) is 4. The Morgan fingerprint density at radius 2 is 0.800 bits per heavy atom. The summed E-state index contributed by atoms with van der Waals surface area (Å²) in [6, 6.07) is 0. The van der Waals surface area contributed by atoms with Crippen molar-refractivity contribution in [2.24, 2.45) is 10.8 Å². The maximum Gasteiger partial charge on any atom is 2.00 e. The van der Waals surface area contributed by atoms with E-state index in [1.807, 2.05) is 0 Å². The fourth-order valence-corrected chi connectivity index (χ4v) is 0. The molecule has 0 amide bonds. The average molecular weight is 258 g/mol. The predicted molar refractivity (Wildman–Crippen MR) is 48.9 cm³/mol. The zero-order chi connectivity index (χ0) is 12.2. The molecule has 15 heavy (non-hydrogen) atoms. The van der Waals surface area contributed by atoms with Crippen LogP contribution >= 0.6 is 0 Å². The van der Waals surface area contributed by atoms with Gasteiger partial charge < -0.3 is 19.8 Å². The average Bonchev–Trinajstić information content (AvgIpc) is 1.83. The summed E-state index contributed by atoms with van der Waals surface area (Å²) < 4.78 is 0. The molecular weight excluding hydrogens is 240 g/mol. The predicted octanol–water partition coefficient (Wildman–Crippen LogP) is -0.438. The minimum atomic E-state index is -1.01. The molecule has 0 aromatic carbocycles. The van der Waals surface area contributed by atoms with Crippen LogP contribution in [0.15, 0.2) is 0 Å². The largest absolute Gasteiger partial charge is 2.00 e. The zero-order valence-electron chi connectivity index (χ0n) is 9.99. The van der Waals surface area contributed by atoms with Gasteiger partial charge in [0.1, 0.15) is 0 Å². The molecule has 90 valence electrons. The van der Waals surface area contributed by atoms with Crippen molar-refractivity contribution in [1.29, 1.82) is 0 Å². The normalized spacial score (nSPS) is 10.5. The van der Waals surface area contributed by atoms with E-state index in [1.165, 1.54) is 0 Å². The molecule has 0 fully saturated rings. The second-order valence-corrected chi connectivity index (χ2v) is 5.07. The van der Waals surface area contributed by atoms with Crippen LogP contribution in [0.1, 0.15) is 41.5 Å². The Morgan fingerprint density at radius 3 is 0.800 bits per heavy atom. The monoisotopic (exact) mass is 258 g/mol. The molecule has 0 aliphatic heterocycles. The third kappa shape index (κ3) is 13.5. The van der Waals surface area contributed by atoms with Gasteiger partial charge in [-0.2, -0.15) is 0 Å². The molecule has 0 bridgehead atoms. The summed E-state index contributed by atoms with van der Waals surface area (Å²) in [7, 11) is 0. The van der Waals surface area contributed by atoms with Gasteiger partial charge >= 0.3 is 17.1 Å². The first-order chi connectivity index (χ1) is 5.89. The molecule has 0 N–H and O–H groups in total. The van der Waals surface area contributed by atoms with E-state index in [0.29, 0.717) is 0 Å². The molecule has 0 saturated carbocycles. The summed E-state index contributed by atoms with van der Waals surface area (Å²) in [6.45, 7) is 9.60. The Morgan fingerprint density at radius 1 is 0.733 bits per heavy atom. The van der Waals surface area contributed by atoms with Gasteiger partial charge in [0, 0.05) is 22.8 Å². The SMILES string of the molecule is CC(C)(C)C(=O)[O-].CC(C)(C)C(=O)[O-].[Fe+2]. The molecule has 0 atom stereocenters. The Labute approximate surface area is 102 Å². The Bertz CT molecular complexity index is 186. The third-order valence-electron chi connectivity index (χ3n) is 1.22. The Hall–Kier alpha value is -0.541. The molecule has 0 rings (SSSR count). The molecule has 0 saturated heterocycles. The van der Waals surface area contributed by atoms with Crippen molar-refractivity contribution in [3.8, 4) is 0 Å². The summed E-state index contributed by atoms with van der Waals surface area (Å²) in [5.41, 5.74) is -1.39. The number of carboxylic acids is 2. The molecule has 0 spiro atoms. The van der Waals surface area contributed by atoms with E-state index in [4.69, 9.17) is 0 Å². The molecular formula is C10H18FeO4. The maximum absolute atomic E-state index is 9.91. The van der Waals surface area contributed by atoms with Gasteiger partial charge in [0.05, 0.1) is 0 Å². The van der Waals surface area contributed by atoms with Crippen molar-refractivity contribution >= 4 is 11.9 Å². The summed E-state index contributed by atoms with van der Waals surface area (Å²) in [6.07, 6.45) is 0. The maximum atomic E-state index is 9.91. The molecule has 0 aromatic rings. The van der Waals surface area contributed by atoms with Gasteiger partial charge in [0.15, 0.2) is 0 Å². The van der Waals surface area contributed by atoms with E-state index >= 15 is 0 Å². The smallest absolute Gasteiger partial charge is 0.550 e. The van der Waals surface area contributed by atoms with E-state index in [2.05, 4.69) is 0 Å². The summed E-state index contributed by atoms with van der Waals surface area (Å²) in [5.74, 6) is -2.01. The fraction of sp³-hybridized carbons (Fsp3) is 0.800. The first kappa shape index (κ1) is 19.9. The first-order valence-corrected chi connectivity index (χ1v) is 4.32. The molecule has 5 heteroatoms. The number of rotatable bonds is 0. The first-order valence-electron chi connectivity index (χ1n) is 4.32. The Kier molecular flexibility index (Phi) is 9.11. The van der Waals surface area contributed by atoms with Crippen molar-refractivity contribution in [2.45, 2.75) is 41.5 Å². The van der Waals surface area contributed by atoms with Gasteiger partial charge in [-0.15, -0.1) is 0 Å². The van der Waals surface area contributed by atoms with Crippen LogP contribution < -0.4 is 10.2 Å². The van der Waals surface area contributed by atoms with E-state index in [9.17, 15) is 19.8 Å². The second kappa shape index (κ2) is 6.85. The van der Waals surface area contributed by atoms with E-state index in [-0.39, 0.29) is 17.1 Å². The van der Waals surface area contributed by atoms with E-state index in [0.717, 1.165) is 0 Å². The van der Waals surface area contributed by atoms with Crippen LogP contribution in [-0.4, -0.2) is 11.9 Å². The summed E-state index contributed by atoms with van der Waals surface area (Å²) >= 11 is 0. The number of carboxylic acid groups (broad SMARTS) is 2. The van der Waals surface area contributed by atoms with Crippen molar-refractivity contribution < 1.29 is 36.9 Å². The third-order valence-corrected chi connectivity index (χ3v) is 1.22. The molecule has 0 aliphatic carbocycles. The van der Waals surface area contributed by atoms with Gasteiger partial charge in [-0.1, -0.05) is 41.5 Å². The van der Waals surface area contributed by atoms with Crippen LogP contribution in [0.25, 0.3) is 0 Å². The van der Waals surface area contributed by atoms with Gasteiger partial charge in [0.2, 0.25) is 0 Å². The van der Waals surface area contributed by atoms with Crippen molar-refractivity contribution in [3.63, 3.8) is 0 Å². The molecule has 0 radical (unpaired) electrons. The minimum absolute atomic E-state index is 0. The number of aliphatic carboxylic acids is 2.